The molecule has 0 bridgehead atoms. The molecule has 0 fully saturated rings. The van der Waals surface area contributed by atoms with Crippen molar-refractivity contribution in [3.05, 3.63) is 23.1 Å². The molecule has 116 valence electrons. The molecular weight excluding hydrogens is 262 g/mol. The lowest BCUT2D eigenvalue weighted by Gasteiger charge is -2.20. The topological polar surface area (TPSA) is 58.5 Å². The molecule has 0 aliphatic heterocycles. The molecule has 2 aromatic rings. The molecule has 5 heteroatoms. The molecule has 21 heavy (non-hydrogen) atoms. The highest BCUT2D eigenvalue weighted by Crippen LogP contribution is 2.29. The molecule has 2 aromatic heterocycles. The smallest absolute Gasteiger partial charge is 0.0732 e. The van der Waals surface area contributed by atoms with Crippen molar-refractivity contribution in [1.82, 2.24) is 25.3 Å². The van der Waals surface area contributed by atoms with Gasteiger partial charge in [-0.05, 0) is 48.5 Å². The Kier molecular flexibility index (Phi) is 4.23. The summed E-state index contributed by atoms with van der Waals surface area (Å²) in [7, 11) is 0. The number of aromatic nitrogens is 4. The zero-order chi connectivity index (χ0) is 15.8. The first-order valence-corrected chi connectivity index (χ1v) is 7.54. The minimum Gasteiger partial charge on any atom is -0.308 e. The highest BCUT2D eigenvalue weighted by atomic mass is 15.3. The zero-order valence-electron chi connectivity index (χ0n) is 14.2. The van der Waals surface area contributed by atoms with Crippen molar-refractivity contribution in [2.75, 3.05) is 0 Å². The van der Waals surface area contributed by atoms with E-state index in [2.05, 4.69) is 73.8 Å². The van der Waals surface area contributed by atoms with Gasteiger partial charge < -0.3 is 5.32 Å². The van der Waals surface area contributed by atoms with Gasteiger partial charge >= 0.3 is 0 Å². The van der Waals surface area contributed by atoms with Crippen molar-refractivity contribution in [2.24, 2.45) is 0 Å². The molecule has 2 N–H and O–H groups in total. The summed E-state index contributed by atoms with van der Waals surface area (Å²) in [5, 5.41) is 15.6. The minimum absolute atomic E-state index is 0.0841. The normalized spacial score (nSPS) is 12.4. The predicted molar refractivity (Wildman–Crippen MR) is 86.3 cm³/mol. The molecule has 2 rings (SSSR count). The van der Waals surface area contributed by atoms with Crippen molar-refractivity contribution >= 4 is 0 Å². The summed E-state index contributed by atoms with van der Waals surface area (Å²) >= 11 is 0. The molecule has 0 radical (unpaired) electrons. The van der Waals surface area contributed by atoms with Crippen LogP contribution in [0.15, 0.2) is 6.20 Å². The number of H-pyrrole nitrogens is 1. The van der Waals surface area contributed by atoms with Crippen molar-refractivity contribution in [3.63, 3.8) is 0 Å². The molecule has 0 spiro atoms. The van der Waals surface area contributed by atoms with Crippen LogP contribution in [-0.4, -0.2) is 25.5 Å². The lowest BCUT2D eigenvalue weighted by molar-refractivity contribution is 0.424. The van der Waals surface area contributed by atoms with E-state index in [9.17, 15) is 0 Å². The fourth-order valence-electron chi connectivity index (χ4n) is 2.55. The average Bonchev–Trinajstić information content (AvgIpc) is 2.90. The van der Waals surface area contributed by atoms with Gasteiger partial charge in [0.1, 0.15) is 0 Å². The molecule has 0 amide bonds. The summed E-state index contributed by atoms with van der Waals surface area (Å²) in [4.78, 5) is 0. The fourth-order valence-corrected chi connectivity index (χ4v) is 2.55. The number of hydrogen-bond acceptors (Lipinski definition) is 3. The zero-order valence-corrected chi connectivity index (χ0v) is 14.2. The molecule has 0 aliphatic rings. The highest BCUT2D eigenvalue weighted by Gasteiger charge is 2.20. The van der Waals surface area contributed by atoms with Gasteiger partial charge in [-0.15, -0.1) is 0 Å². The largest absolute Gasteiger partial charge is 0.308 e. The van der Waals surface area contributed by atoms with Gasteiger partial charge in [0.2, 0.25) is 0 Å². The number of nitrogens with one attached hydrogen (secondary N) is 2. The number of aromatic amines is 1. The second-order valence-corrected chi connectivity index (χ2v) is 6.96. The standard InChI is InChI=1S/C16H27N5/c1-10(2)21-12(4)14(11(3)20-21)15-13(9-18-19-15)8-17-16(5,6)7/h9-10,17H,8H2,1-7H3,(H,18,19). The average molecular weight is 289 g/mol. The van der Waals surface area contributed by atoms with Gasteiger partial charge in [0.25, 0.3) is 0 Å². The third-order valence-corrected chi connectivity index (χ3v) is 3.59. The highest BCUT2D eigenvalue weighted by molar-refractivity contribution is 5.67. The number of nitrogens with zero attached hydrogens (tertiary/aromatic N) is 3. The van der Waals surface area contributed by atoms with Crippen LogP contribution in [0.5, 0.6) is 0 Å². The Hall–Kier alpha value is -1.62. The van der Waals surface area contributed by atoms with Crippen LogP contribution < -0.4 is 5.32 Å². The van der Waals surface area contributed by atoms with Crippen molar-refractivity contribution in [1.29, 1.82) is 0 Å². The Morgan fingerprint density at radius 3 is 2.48 bits per heavy atom. The summed E-state index contributed by atoms with van der Waals surface area (Å²) in [5.41, 5.74) is 5.74. The molecule has 0 aliphatic carbocycles. The van der Waals surface area contributed by atoms with Crippen molar-refractivity contribution < 1.29 is 0 Å². The van der Waals surface area contributed by atoms with E-state index in [0.29, 0.717) is 6.04 Å². The lowest BCUT2D eigenvalue weighted by Crippen LogP contribution is -2.35. The van der Waals surface area contributed by atoms with E-state index < -0.39 is 0 Å². The van der Waals surface area contributed by atoms with Crippen LogP contribution >= 0.6 is 0 Å². The van der Waals surface area contributed by atoms with Crippen LogP contribution in [0.4, 0.5) is 0 Å². The summed E-state index contributed by atoms with van der Waals surface area (Å²) < 4.78 is 2.08. The summed E-state index contributed by atoms with van der Waals surface area (Å²) in [6, 6.07) is 0.358. The Morgan fingerprint density at radius 2 is 1.95 bits per heavy atom. The summed E-state index contributed by atoms with van der Waals surface area (Å²) in [5.74, 6) is 0. The molecule has 0 unspecified atom stereocenters. The Balaban J connectivity index is 2.38. The third kappa shape index (κ3) is 3.35. The first-order chi connectivity index (χ1) is 9.70. The first kappa shape index (κ1) is 15.8. The first-order valence-electron chi connectivity index (χ1n) is 7.54. The van der Waals surface area contributed by atoms with Crippen LogP contribution in [0.3, 0.4) is 0 Å². The van der Waals surface area contributed by atoms with E-state index in [1.807, 2.05) is 6.20 Å². The van der Waals surface area contributed by atoms with Gasteiger partial charge in [0, 0.05) is 34.9 Å². The van der Waals surface area contributed by atoms with E-state index in [1.165, 1.54) is 16.8 Å². The fraction of sp³-hybridized carbons (Fsp3) is 0.625. The van der Waals surface area contributed by atoms with Crippen LogP contribution in [0.25, 0.3) is 11.3 Å². The maximum absolute atomic E-state index is 4.66. The number of aryl methyl sites for hydroxylation is 1. The lowest BCUT2D eigenvalue weighted by atomic mass is 10.0. The molecule has 2 heterocycles. The predicted octanol–water partition coefficient (Wildman–Crippen LogP) is 3.36. The molecule has 0 saturated carbocycles. The van der Waals surface area contributed by atoms with Gasteiger partial charge in [-0.25, -0.2) is 0 Å². The van der Waals surface area contributed by atoms with Gasteiger partial charge in [-0.1, -0.05) is 0 Å². The Labute approximate surface area is 127 Å². The van der Waals surface area contributed by atoms with Crippen molar-refractivity contribution in [3.8, 4) is 11.3 Å². The van der Waals surface area contributed by atoms with E-state index >= 15 is 0 Å². The van der Waals surface area contributed by atoms with Crippen LogP contribution in [0.2, 0.25) is 0 Å². The molecule has 0 saturated heterocycles. The molecular formula is C16H27N5. The van der Waals surface area contributed by atoms with Gasteiger partial charge in [0.05, 0.1) is 17.6 Å². The van der Waals surface area contributed by atoms with Crippen LogP contribution in [0, 0.1) is 13.8 Å². The number of rotatable bonds is 4. The van der Waals surface area contributed by atoms with Gasteiger partial charge in [-0.2, -0.15) is 10.2 Å². The SMILES string of the molecule is Cc1nn(C(C)C)c(C)c1-c1[nH]ncc1CNC(C)(C)C. The van der Waals surface area contributed by atoms with Gasteiger partial charge in [0.15, 0.2) is 0 Å². The minimum atomic E-state index is 0.0841. The van der Waals surface area contributed by atoms with Gasteiger partial charge in [-0.3, -0.25) is 9.78 Å². The summed E-state index contributed by atoms with van der Waals surface area (Å²) in [6.45, 7) is 15.8. The molecule has 0 atom stereocenters. The molecule has 0 aromatic carbocycles. The second kappa shape index (κ2) is 5.64. The third-order valence-electron chi connectivity index (χ3n) is 3.59. The second-order valence-electron chi connectivity index (χ2n) is 6.96. The molecule has 5 nitrogen and oxygen atoms in total. The van der Waals surface area contributed by atoms with Crippen LogP contribution in [-0.2, 0) is 6.54 Å². The van der Waals surface area contributed by atoms with Crippen molar-refractivity contribution in [2.45, 2.75) is 66.6 Å². The maximum atomic E-state index is 4.66. The van der Waals surface area contributed by atoms with E-state index in [0.717, 1.165) is 17.9 Å². The summed E-state index contributed by atoms with van der Waals surface area (Å²) in [6.07, 6.45) is 1.90. The van der Waals surface area contributed by atoms with E-state index in [1.54, 1.807) is 0 Å². The maximum Gasteiger partial charge on any atom is 0.0732 e. The monoisotopic (exact) mass is 289 g/mol. The number of hydrogen-bond donors (Lipinski definition) is 2. The Bertz CT molecular complexity index is 613. The Morgan fingerprint density at radius 1 is 1.29 bits per heavy atom. The van der Waals surface area contributed by atoms with E-state index in [-0.39, 0.29) is 5.54 Å². The van der Waals surface area contributed by atoms with Crippen LogP contribution in [0.1, 0.15) is 57.6 Å². The van der Waals surface area contributed by atoms with E-state index in [4.69, 9.17) is 0 Å². The quantitative estimate of drug-likeness (QED) is 0.907.